The number of carbonyl (C=O) groups excluding carboxylic acids is 2. The molecule has 4 aliphatic rings. The third-order valence-corrected chi connectivity index (χ3v) is 5.55. The first-order chi connectivity index (χ1) is 13.5. The van der Waals surface area contributed by atoms with E-state index in [2.05, 4.69) is 6.08 Å². The second-order valence-corrected chi connectivity index (χ2v) is 7.80. The molecule has 4 aliphatic heterocycles. The second-order valence-electron chi connectivity index (χ2n) is 7.80. The van der Waals surface area contributed by atoms with Crippen LogP contribution in [0.3, 0.4) is 0 Å². The van der Waals surface area contributed by atoms with Crippen molar-refractivity contribution in [3.8, 4) is 17.2 Å². The van der Waals surface area contributed by atoms with Crippen molar-refractivity contribution in [1.82, 2.24) is 9.80 Å². The maximum atomic E-state index is 12.8. The summed E-state index contributed by atoms with van der Waals surface area (Å²) in [6.45, 7) is 5.88. The maximum Gasteiger partial charge on any atom is 0.260 e. The minimum atomic E-state index is -0.112. The lowest BCUT2D eigenvalue weighted by atomic mass is 9.94. The van der Waals surface area contributed by atoms with E-state index in [1.807, 2.05) is 18.7 Å². The Morgan fingerprint density at radius 3 is 2.86 bits per heavy atom. The van der Waals surface area contributed by atoms with Crippen LogP contribution in [0.25, 0.3) is 0 Å². The van der Waals surface area contributed by atoms with Crippen molar-refractivity contribution in [1.29, 1.82) is 0 Å². The monoisotopic (exact) mass is 386 g/mol. The van der Waals surface area contributed by atoms with Crippen molar-refractivity contribution in [2.45, 2.75) is 32.7 Å². The van der Waals surface area contributed by atoms with Crippen molar-refractivity contribution in [2.75, 3.05) is 33.0 Å². The summed E-state index contributed by atoms with van der Waals surface area (Å²) in [6, 6.07) is 5.34. The number of piperidine rings is 1. The van der Waals surface area contributed by atoms with Crippen molar-refractivity contribution in [3.05, 3.63) is 29.8 Å². The van der Waals surface area contributed by atoms with Gasteiger partial charge in [0.1, 0.15) is 5.75 Å². The maximum absolute atomic E-state index is 12.8. The zero-order valence-electron chi connectivity index (χ0n) is 16.3. The third-order valence-electron chi connectivity index (χ3n) is 5.55. The van der Waals surface area contributed by atoms with Crippen LogP contribution < -0.4 is 14.2 Å². The van der Waals surface area contributed by atoms with Crippen LogP contribution in [-0.2, 0) is 9.59 Å². The predicted molar refractivity (Wildman–Crippen MR) is 102 cm³/mol. The average molecular weight is 386 g/mol. The third kappa shape index (κ3) is 3.79. The van der Waals surface area contributed by atoms with Gasteiger partial charge in [-0.05, 0) is 38.8 Å². The summed E-state index contributed by atoms with van der Waals surface area (Å²) in [4.78, 5) is 29.3. The molecule has 0 aromatic heterocycles. The van der Waals surface area contributed by atoms with Crippen molar-refractivity contribution < 1.29 is 23.8 Å². The Kier molecular flexibility index (Phi) is 5.15. The van der Waals surface area contributed by atoms with Crippen LogP contribution in [0.1, 0.15) is 26.7 Å². The molecule has 150 valence electrons. The minimum absolute atomic E-state index is 0.0543. The summed E-state index contributed by atoms with van der Waals surface area (Å²) >= 11 is 0. The summed E-state index contributed by atoms with van der Waals surface area (Å²) < 4.78 is 16.3. The predicted octanol–water partition coefficient (Wildman–Crippen LogP) is 2.21. The molecule has 4 heterocycles. The molecule has 7 heteroatoms. The van der Waals surface area contributed by atoms with Crippen LogP contribution in [-0.4, -0.2) is 60.7 Å². The first kappa shape index (κ1) is 18.7. The normalized spacial score (nSPS) is 22.9. The number of allylic oxidation sites excluding steroid dienone is 1. The molecule has 0 unspecified atom stereocenters. The number of nitrogens with zero attached hydrogens (tertiary/aromatic N) is 2. The van der Waals surface area contributed by atoms with Gasteiger partial charge in [-0.15, -0.1) is 0 Å². The summed E-state index contributed by atoms with van der Waals surface area (Å²) in [6.07, 6.45) is 3.87. The number of ether oxygens (including phenoxy) is 3. The fourth-order valence-electron chi connectivity index (χ4n) is 3.97. The van der Waals surface area contributed by atoms with E-state index in [1.54, 1.807) is 23.1 Å². The average Bonchev–Trinajstić information content (AvgIpc) is 2.97. The van der Waals surface area contributed by atoms with Gasteiger partial charge >= 0.3 is 0 Å². The molecule has 5 rings (SSSR count). The first-order valence-electron chi connectivity index (χ1n) is 9.75. The summed E-state index contributed by atoms with van der Waals surface area (Å²) in [5.74, 6) is 1.83. The Morgan fingerprint density at radius 2 is 2.04 bits per heavy atom. The van der Waals surface area contributed by atoms with E-state index < -0.39 is 0 Å². The van der Waals surface area contributed by atoms with Gasteiger partial charge in [0, 0.05) is 31.7 Å². The Balaban J connectivity index is 1.38. The van der Waals surface area contributed by atoms with Crippen LogP contribution in [0.15, 0.2) is 29.8 Å². The van der Waals surface area contributed by atoms with Gasteiger partial charge in [-0.3, -0.25) is 9.59 Å². The molecule has 28 heavy (non-hydrogen) atoms. The molecule has 7 nitrogen and oxygen atoms in total. The van der Waals surface area contributed by atoms with E-state index in [9.17, 15) is 9.59 Å². The Bertz CT molecular complexity index is 802. The zero-order valence-corrected chi connectivity index (χ0v) is 16.3. The van der Waals surface area contributed by atoms with Crippen LogP contribution in [0.5, 0.6) is 17.2 Å². The highest BCUT2D eigenvalue weighted by Gasteiger charge is 2.41. The van der Waals surface area contributed by atoms with E-state index in [4.69, 9.17) is 14.2 Å². The molecule has 0 aliphatic carbocycles. The van der Waals surface area contributed by atoms with Crippen LogP contribution in [0.2, 0.25) is 0 Å². The summed E-state index contributed by atoms with van der Waals surface area (Å²) in [5, 5.41) is 0. The lowest BCUT2D eigenvalue weighted by molar-refractivity contribution is -0.139. The van der Waals surface area contributed by atoms with E-state index in [-0.39, 0.29) is 37.2 Å². The van der Waals surface area contributed by atoms with E-state index >= 15 is 0 Å². The lowest BCUT2D eigenvalue weighted by Gasteiger charge is -2.35. The van der Waals surface area contributed by atoms with Gasteiger partial charge in [-0.2, -0.15) is 0 Å². The van der Waals surface area contributed by atoms with Crippen LogP contribution >= 0.6 is 0 Å². The molecule has 3 saturated heterocycles. The topological polar surface area (TPSA) is 68.3 Å². The van der Waals surface area contributed by atoms with Gasteiger partial charge in [-0.1, -0.05) is 11.6 Å². The number of rotatable bonds is 5. The van der Waals surface area contributed by atoms with Gasteiger partial charge in [0.15, 0.2) is 18.1 Å². The zero-order chi connectivity index (χ0) is 19.7. The second kappa shape index (κ2) is 7.73. The standard InChI is InChI=1S/C21H26N2O5/c1-14(2)7-8-23-16-4-3-15(21(23)25)10-22(11-16)20(24)12-26-17-5-6-18-19(9-17)28-13-27-18/h5-7,9,15-16H,3-4,8,10-13H2,1-2H3/t15-,16+/m0/s1. The minimum Gasteiger partial charge on any atom is -0.484 e. The fourth-order valence-corrected chi connectivity index (χ4v) is 3.97. The summed E-state index contributed by atoms with van der Waals surface area (Å²) in [5.41, 5.74) is 1.19. The van der Waals surface area contributed by atoms with E-state index in [0.29, 0.717) is 36.9 Å². The van der Waals surface area contributed by atoms with Gasteiger partial charge in [-0.25, -0.2) is 0 Å². The van der Waals surface area contributed by atoms with Crippen LogP contribution in [0.4, 0.5) is 0 Å². The van der Waals surface area contributed by atoms with E-state index in [0.717, 1.165) is 12.8 Å². The Labute approximate surface area is 164 Å². The molecule has 0 saturated carbocycles. The number of hydrogen-bond acceptors (Lipinski definition) is 5. The molecule has 3 fully saturated rings. The summed E-state index contributed by atoms with van der Waals surface area (Å²) in [7, 11) is 0. The molecule has 2 bridgehead atoms. The molecule has 2 amide bonds. The molecule has 0 N–H and O–H groups in total. The highest BCUT2D eigenvalue weighted by Crippen LogP contribution is 2.35. The molecular weight excluding hydrogens is 360 g/mol. The first-order valence-corrected chi connectivity index (χ1v) is 9.75. The Morgan fingerprint density at radius 1 is 1.21 bits per heavy atom. The highest BCUT2D eigenvalue weighted by molar-refractivity contribution is 5.83. The molecule has 0 spiro atoms. The highest BCUT2D eigenvalue weighted by atomic mass is 16.7. The molecular formula is C21H26N2O5. The number of benzene rings is 1. The molecule has 2 atom stereocenters. The number of fused-ring (bicyclic) bond motifs is 5. The van der Waals surface area contributed by atoms with Gasteiger partial charge in [0.25, 0.3) is 5.91 Å². The lowest BCUT2D eigenvalue weighted by Crippen LogP contribution is -2.48. The van der Waals surface area contributed by atoms with Gasteiger partial charge in [0.05, 0.1) is 5.92 Å². The van der Waals surface area contributed by atoms with E-state index in [1.165, 1.54) is 5.57 Å². The molecule has 0 radical (unpaired) electrons. The quantitative estimate of drug-likeness (QED) is 0.726. The van der Waals surface area contributed by atoms with Gasteiger partial charge in [0.2, 0.25) is 12.7 Å². The smallest absolute Gasteiger partial charge is 0.260 e. The molecule has 1 aromatic carbocycles. The SMILES string of the molecule is CC(C)=CCN1C(=O)[C@H]2CC[C@@H]1CN(C(=O)COc1ccc3c(c1)OCO3)C2. The van der Waals surface area contributed by atoms with Crippen LogP contribution in [0, 0.1) is 5.92 Å². The fraction of sp³-hybridized carbons (Fsp3) is 0.524. The number of carbonyl (C=O) groups is 2. The molecule has 1 aromatic rings. The van der Waals surface area contributed by atoms with Crippen molar-refractivity contribution in [2.24, 2.45) is 5.92 Å². The van der Waals surface area contributed by atoms with Crippen molar-refractivity contribution >= 4 is 11.8 Å². The largest absolute Gasteiger partial charge is 0.484 e. The Hall–Kier alpha value is -2.70. The van der Waals surface area contributed by atoms with Gasteiger partial charge < -0.3 is 24.0 Å². The number of amides is 2. The number of hydrogen-bond donors (Lipinski definition) is 0. The van der Waals surface area contributed by atoms with Crippen molar-refractivity contribution in [3.63, 3.8) is 0 Å².